The molecule has 0 fully saturated rings. The quantitative estimate of drug-likeness (QED) is 0.814. The van der Waals surface area contributed by atoms with E-state index in [2.05, 4.69) is 0 Å². The average Bonchev–Trinajstić information content (AvgIpc) is 2.71. The maximum atomic E-state index is 13.4. The van der Waals surface area contributed by atoms with Crippen LogP contribution in [0.3, 0.4) is 0 Å². The molecule has 2 amide bonds. The van der Waals surface area contributed by atoms with Crippen LogP contribution in [0.15, 0.2) is 48.5 Å². The molecule has 5 heteroatoms. The van der Waals surface area contributed by atoms with Crippen molar-refractivity contribution >= 4 is 11.8 Å². The largest absolute Gasteiger partial charge is 0.497 e. The second kappa shape index (κ2) is 7.82. The van der Waals surface area contributed by atoms with Crippen LogP contribution >= 0.6 is 0 Å². The molecule has 0 unspecified atom stereocenters. The van der Waals surface area contributed by atoms with Crippen molar-refractivity contribution in [3.63, 3.8) is 0 Å². The van der Waals surface area contributed by atoms with Crippen molar-refractivity contribution in [2.24, 2.45) is 0 Å². The van der Waals surface area contributed by atoms with Gasteiger partial charge in [0.2, 0.25) is 5.91 Å². The molecule has 0 bridgehead atoms. The van der Waals surface area contributed by atoms with Crippen LogP contribution in [0, 0.1) is 0 Å². The number of likely N-dealkylation sites (N-methyl/N-ethyl adjacent to an activating group) is 2. The summed E-state index contributed by atoms with van der Waals surface area (Å²) >= 11 is 0. The van der Waals surface area contributed by atoms with Crippen molar-refractivity contribution in [1.82, 2.24) is 9.80 Å². The van der Waals surface area contributed by atoms with Crippen LogP contribution in [0.1, 0.15) is 47.3 Å². The van der Waals surface area contributed by atoms with Crippen molar-refractivity contribution in [1.29, 1.82) is 0 Å². The number of hydrogen-bond donors (Lipinski definition) is 0. The first kappa shape index (κ1) is 19.0. The summed E-state index contributed by atoms with van der Waals surface area (Å²) in [7, 11) is 3.39. The van der Waals surface area contributed by atoms with Gasteiger partial charge in [-0.3, -0.25) is 9.59 Å². The van der Waals surface area contributed by atoms with Gasteiger partial charge < -0.3 is 14.5 Å². The molecule has 1 aliphatic rings. The third-order valence-corrected chi connectivity index (χ3v) is 5.38. The van der Waals surface area contributed by atoms with Gasteiger partial charge in [0, 0.05) is 25.7 Å². The monoisotopic (exact) mass is 366 g/mol. The number of benzene rings is 2. The number of rotatable bonds is 5. The lowest BCUT2D eigenvalue weighted by molar-refractivity contribution is -0.134. The van der Waals surface area contributed by atoms with E-state index < -0.39 is 5.92 Å². The molecule has 0 saturated carbocycles. The Labute approximate surface area is 160 Å². The molecule has 0 aromatic heterocycles. The van der Waals surface area contributed by atoms with Crippen molar-refractivity contribution in [3.05, 3.63) is 65.2 Å². The van der Waals surface area contributed by atoms with Crippen LogP contribution < -0.4 is 4.74 Å². The normalized spacial score (nSPS) is 18.8. The van der Waals surface area contributed by atoms with Gasteiger partial charge in [0.1, 0.15) is 5.75 Å². The van der Waals surface area contributed by atoms with Crippen molar-refractivity contribution in [2.45, 2.75) is 25.8 Å². The number of hydrogen-bond acceptors (Lipinski definition) is 3. The molecule has 1 heterocycles. The van der Waals surface area contributed by atoms with E-state index >= 15 is 0 Å². The Balaban J connectivity index is 2.15. The summed E-state index contributed by atoms with van der Waals surface area (Å²) in [5.41, 5.74) is 2.33. The Morgan fingerprint density at radius 1 is 1.07 bits per heavy atom. The molecule has 0 spiro atoms. The predicted octanol–water partition coefficient (Wildman–Crippen LogP) is 3.47. The average molecular weight is 366 g/mol. The van der Waals surface area contributed by atoms with E-state index in [1.54, 1.807) is 25.1 Å². The smallest absolute Gasteiger partial charge is 0.254 e. The standard InChI is InChI=1S/C22H26N2O3/c1-5-24(6-2)22(26)19-17-9-7-8-10-18(17)21(25)23(3)20(19)15-11-13-16(27-4)14-12-15/h7-14,19-20H,5-6H2,1-4H3/t19-,20-/m1/s1. The molecule has 2 aromatic carbocycles. The molecular weight excluding hydrogens is 340 g/mol. The maximum Gasteiger partial charge on any atom is 0.254 e. The lowest BCUT2D eigenvalue weighted by Crippen LogP contribution is -2.46. The van der Waals surface area contributed by atoms with E-state index in [-0.39, 0.29) is 17.9 Å². The van der Waals surface area contributed by atoms with Gasteiger partial charge in [0.25, 0.3) is 5.91 Å². The molecule has 0 aliphatic carbocycles. The molecule has 142 valence electrons. The third kappa shape index (κ3) is 3.29. The number of ether oxygens (including phenoxy) is 1. The second-order valence-electron chi connectivity index (χ2n) is 6.71. The van der Waals surface area contributed by atoms with Gasteiger partial charge in [-0.1, -0.05) is 30.3 Å². The van der Waals surface area contributed by atoms with Gasteiger partial charge in [-0.15, -0.1) is 0 Å². The molecule has 27 heavy (non-hydrogen) atoms. The number of carbonyl (C=O) groups excluding carboxylic acids is 2. The summed E-state index contributed by atoms with van der Waals surface area (Å²) < 4.78 is 5.25. The highest BCUT2D eigenvalue weighted by atomic mass is 16.5. The van der Waals surface area contributed by atoms with Gasteiger partial charge in [0.05, 0.1) is 19.1 Å². The van der Waals surface area contributed by atoms with E-state index in [9.17, 15) is 9.59 Å². The van der Waals surface area contributed by atoms with Crippen LogP contribution in [0.25, 0.3) is 0 Å². The Kier molecular flexibility index (Phi) is 5.49. The first-order valence-electron chi connectivity index (χ1n) is 9.32. The predicted molar refractivity (Wildman–Crippen MR) is 105 cm³/mol. The molecule has 0 saturated heterocycles. The second-order valence-corrected chi connectivity index (χ2v) is 6.71. The molecule has 3 rings (SSSR count). The van der Waals surface area contributed by atoms with Gasteiger partial charge >= 0.3 is 0 Å². The van der Waals surface area contributed by atoms with Gasteiger partial charge in [-0.25, -0.2) is 0 Å². The van der Waals surface area contributed by atoms with Gasteiger partial charge in [-0.2, -0.15) is 0 Å². The summed E-state index contributed by atoms with van der Waals surface area (Å²) in [6.07, 6.45) is 0. The molecule has 2 aromatic rings. The highest BCUT2D eigenvalue weighted by molar-refractivity contribution is 6.01. The SMILES string of the molecule is CCN(CC)C(=O)[C@@H]1c2ccccc2C(=O)N(C)[C@@H]1c1ccc(OC)cc1. The summed E-state index contributed by atoms with van der Waals surface area (Å²) in [4.78, 5) is 29.9. The minimum Gasteiger partial charge on any atom is -0.497 e. The minimum atomic E-state index is -0.433. The zero-order valence-corrected chi connectivity index (χ0v) is 16.3. The fourth-order valence-corrected chi connectivity index (χ4v) is 3.89. The third-order valence-electron chi connectivity index (χ3n) is 5.38. The van der Waals surface area contributed by atoms with Crippen molar-refractivity contribution in [2.75, 3.05) is 27.2 Å². The van der Waals surface area contributed by atoms with E-state index in [1.165, 1.54) is 0 Å². The summed E-state index contributed by atoms with van der Waals surface area (Å²) in [6.45, 7) is 5.24. The van der Waals surface area contributed by atoms with E-state index in [0.29, 0.717) is 18.7 Å². The number of amides is 2. The molecule has 5 nitrogen and oxygen atoms in total. The zero-order chi connectivity index (χ0) is 19.6. The highest BCUT2D eigenvalue weighted by Gasteiger charge is 2.43. The number of methoxy groups -OCH3 is 1. The molecule has 0 radical (unpaired) electrons. The fourth-order valence-electron chi connectivity index (χ4n) is 3.89. The molecule has 2 atom stereocenters. The van der Waals surface area contributed by atoms with Crippen molar-refractivity contribution in [3.8, 4) is 5.75 Å². The number of fused-ring (bicyclic) bond motifs is 1. The molecule has 1 aliphatic heterocycles. The van der Waals surface area contributed by atoms with Crippen molar-refractivity contribution < 1.29 is 14.3 Å². The van der Waals surface area contributed by atoms with Crippen LogP contribution in [0.2, 0.25) is 0 Å². The summed E-state index contributed by atoms with van der Waals surface area (Å²) in [6, 6.07) is 14.7. The molecular formula is C22H26N2O3. The Morgan fingerprint density at radius 3 is 2.30 bits per heavy atom. The van der Waals surface area contributed by atoms with E-state index in [4.69, 9.17) is 4.74 Å². The number of nitrogens with zero attached hydrogens (tertiary/aromatic N) is 2. The van der Waals surface area contributed by atoms with Crippen LogP contribution in [0.4, 0.5) is 0 Å². The molecule has 0 N–H and O–H groups in total. The Morgan fingerprint density at radius 2 is 1.70 bits per heavy atom. The first-order chi connectivity index (χ1) is 13.0. The lowest BCUT2D eigenvalue weighted by atomic mass is 9.79. The lowest BCUT2D eigenvalue weighted by Gasteiger charge is -2.41. The Bertz CT molecular complexity index is 828. The summed E-state index contributed by atoms with van der Waals surface area (Å²) in [5, 5.41) is 0. The minimum absolute atomic E-state index is 0.0487. The topological polar surface area (TPSA) is 49.9 Å². The van der Waals surface area contributed by atoms with Gasteiger partial charge in [0.15, 0.2) is 0 Å². The highest BCUT2D eigenvalue weighted by Crippen LogP contribution is 2.43. The Hall–Kier alpha value is -2.82. The van der Waals surface area contributed by atoms with Crippen LogP contribution in [0.5, 0.6) is 5.75 Å². The van der Waals surface area contributed by atoms with E-state index in [0.717, 1.165) is 16.9 Å². The zero-order valence-electron chi connectivity index (χ0n) is 16.3. The van der Waals surface area contributed by atoms with E-state index in [1.807, 2.05) is 61.2 Å². The number of carbonyl (C=O) groups is 2. The maximum absolute atomic E-state index is 13.4. The first-order valence-corrected chi connectivity index (χ1v) is 9.32. The fraction of sp³-hybridized carbons (Fsp3) is 0.364. The van der Waals surface area contributed by atoms with Crippen LogP contribution in [-0.2, 0) is 4.79 Å². The van der Waals surface area contributed by atoms with Gasteiger partial charge in [-0.05, 0) is 43.2 Å². The summed E-state index contributed by atoms with van der Waals surface area (Å²) in [5.74, 6) is 0.301. The van der Waals surface area contributed by atoms with Crippen LogP contribution in [-0.4, -0.2) is 48.9 Å².